The number of rotatable bonds is 11. The molecule has 0 heterocycles. The van der Waals surface area contributed by atoms with Gasteiger partial charge in [0.25, 0.3) is 0 Å². The average Bonchev–Trinajstić information content (AvgIpc) is 2.41. The molecule has 3 atom stereocenters. The molecule has 0 bridgehead atoms. The molecule has 110 valence electrons. The third kappa shape index (κ3) is 7.44. The molecule has 0 aromatic heterocycles. The molecule has 0 radical (unpaired) electrons. The zero-order valence-electron chi connectivity index (χ0n) is 14.0. The van der Waals surface area contributed by atoms with Crippen LogP contribution in [-0.4, -0.2) is 0 Å². The van der Waals surface area contributed by atoms with Crippen LogP contribution in [0.1, 0.15) is 92.9 Å². The van der Waals surface area contributed by atoms with E-state index in [1.165, 1.54) is 51.4 Å². The predicted molar refractivity (Wildman–Crippen MR) is 84.9 cm³/mol. The second kappa shape index (κ2) is 10.9. The van der Waals surface area contributed by atoms with Crippen molar-refractivity contribution in [2.24, 2.45) is 23.7 Å². The average molecular weight is 255 g/mol. The van der Waals surface area contributed by atoms with Crippen LogP contribution in [0.5, 0.6) is 0 Å². The van der Waals surface area contributed by atoms with Crippen molar-refractivity contribution in [2.75, 3.05) is 0 Å². The molecule has 3 unspecified atom stereocenters. The molecule has 0 amide bonds. The maximum Gasteiger partial charge on any atom is -0.0412 e. The molecule has 0 rings (SSSR count). The van der Waals surface area contributed by atoms with Crippen molar-refractivity contribution in [3.63, 3.8) is 0 Å². The van der Waals surface area contributed by atoms with Crippen molar-refractivity contribution in [1.82, 2.24) is 0 Å². The van der Waals surface area contributed by atoms with Crippen LogP contribution in [0.3, 0.4) is 0 Å². The van der Waals surface area contributed by atoms with E-state index in [2.05, 4.69) is 41.5 Å². The Labute approximate surface area is 117 Å². The lowest BCUT2D eigenvalue weighted by atomic mass is 9.80. The molecule has 0 aromatic carbocycles. The summed E-state index contributed by atoms with van der Waals surface area (Å²) in [5, 5.41) is 0. The van der Waals surface area contributed by atoms with E-state index in [0.717, 1.165) is 23.7 Å². The summed E-state index contributed by atoms with van der Waals surface area (Å²) in [5.41, 5.74) is 0. The Morgan fingerprint density at radius 1 is 0.500 bits per heavy atom. The SMILES string of the molecule is CCC(C)CC(CC)CC(CC)CC(CC)CC. The fraction of sp³-hybridized carbons (Fsp3) is 1.00. The van der Waals surface area contributed by atoms with Crippen LogP contribution < -0.4 is 0 Å². The van der Waals surface area contributed by atoms with Crippen molar-refractivity contribution in [1.29, 1.82) is 0 Å². The van der Waals surface area contributed by atoms with Gasteiger partial charge in [0.15, 0.2) is 0 Å². The summed E-state index contributed by atoms with van der Waals surface area (Å²) in [6, 6.07) is 0. The topological polar surface area (TPSA) is 0 Å². The van der Waals surface area contributed by atoms with E-state index < -0.39 is 0 Å². The Balaban J connectivity index is 4.21. The number of hydrogen-bond acceptors (Lipinski definition) is 0. The highest BCUT2D eigenvalue weighted by molar-refractivity contribution is 4.70. The van der Waals surface area contributed by atoms with Gasteiger partial charge in [-0.2, -0.15) is 0 Å². The molecule has 0 fully saturated rings. The van der Waals surface area contributed by atoms with E-state index in [-0.39, 0.29) is 0 Å². The predicted octanol–water partition coefficient (Wildman–Crippen LogP) is 6.69. The molecule has 0 saturated carbocycles. The minimum Gasteiger partial charge on any atom is -0.0651 e. The lowest BCUT2D eigenvalue weighted by Crippen LogP contribution is -2.14. The van der Waals surface area contributed by atoms with Gasteiger partial charge in [0, 0.05) is 0 Å². The molecule has 0 nitrogen and oxygen atoms in total. The molecule has 0 aromatic rings. The van der Waals surface area contributed by atoms with E-state index in [1.54, 1.807) is 0 Å². The van der Waals surface area contributed by atoms with Crippen molar-refractivity contribution < 1.29 is 0 Å². The van der Waals surface area contributed by atoms with Crippen molar-refractivity contribution in [3.05, 3.63) is 0 Å². The van der Waals surface area contributed by atoms with Gasteiger partial charge in [-0.05, 0) is 42.9 Å². The largest absolute Gasteiger partial charge is 0.0651 e. The first-order valence-electron chi connectivity index (χ1n) is 8.60. The maximum atomic E-state index is 2.42. The fourth-order valence-corrected chi connectivity index (χ4v) is 3.16. The molecular formula is C18H38. The molecule has 0 aliphatic heterocycles. The standard InChI is InChI=1S/C18H38/c1-7-15(6)12-17(10-4)14-18(11-5)13-16(8-2)9-3/h15-18H,7-14H2,1-6H3. The second-order valence-electron chi connectivity index (χ2n) is 6.45. The molecule has 0 aliphatic carbocycles. The molecule has 0 N–H and O–H groups in total. The van der Waals surface area contributed by atoms with Crippen LogP contribution in [0.4, 0.5) is 0 Å². The van der Waals surface area contributed by atoms with Gasteiger partial charge in [0.1, 0.15) is 0 Å². The van der Waals surface area contributed by atoms with Gasteiger partial charge in [0.2, 0.25) is 0 Å². The Morgan fingerprint density at radius 2 is 0.889 bits per heavy atom. The van der Waals surface area contributed by atoms with E-state index >= 15 is 0 Å². The third-order valence-electron chi connectivity index (χ3n) is 5.08. The first-order chi connectivity index (χ1) is 8.60. The summed E-state index contributed by atoms with van der Waals surface area (Å²) in [6.45, 7) is 14.2. The summed E-state index contributed by atoms with van der Waals surface area (Å²) in [6.07, 6.45) is 11.3. The van der Waals surface area contributed by atoms with E-state index in [9.17, 15) is 0 Å². The molecule has 0 saturated heterocycles. The molecular weight excluding hydrogens is 216 g/mol. The van der Waals surface area contributed by atoms with Crippen molar-refractivity contribution in [2.45, 2.75) is 92.9 Å². The van der Waals surface area contributed by atoms with Crippen LogP contribution in [0.15, 0.2) is 0 Å². The number of hydrogen-bond donors (Lipinski definition) is 0. The summed E-state index contributed by atoms with van der Waals surface area (Å²) < 4.78 is 0. The normalized spacial score (nSPS) is 16.8. The van der Waals surface area contributed by atoms with E-state index in [1.807, 2.05) is 0 Å². The highest BCUT2D eigenvalue weighted by atomic mass is 14.2. The van der Waals surface area contributed by atoms with Crippen LogP contribution in [0, 0.1) is 23.7 Å². The van der Waals surface area contributed by atoms with E-state index in [4.69, 9.17) is 0 Å². The second-order valence-corrected chi connectivity index (χ2v) is 6.45. The summed E-state index contributed by atoms with van der Waals surface area (Å²) in [4.78, 5) is 0. The zero-order valence-corrected chi connectivity index (χ0v) is 14.0. The lowest BCUT2D eigenvalue weighted by molar-refractivity contribution is 0.255. The summed E-state index contributed by atoms with van der Waals surface area (Å²) in [5.74, 6) is 3.83. The minimum atomic E-state index is 0.917. The van der Waals surface area contributed by atoms with Gasteiger partial charge in [0.05, 0.1) is 0 Å². The summed E-state index contributed by atoms with van der Waals surface area (Å²) >= 11 is 0. The Morgan fingerprint density at radius 3 is 1.28 bits per heavy atom. The Hall–Kier alpha value is 0. The van der Waals surface area contributed by atoms with Crippen LogP contribution in [-0.2, 0) is 0 Å². The fourth-order valence-electron chi connectivity index (χ4n) is 3.16. The van der Waals surface area contributed by atoms with E-state index in [0.29, 0.717) is 0 Å². The monoisotopic (exact) mass is 254 g/mol. The highest BCUT2D eigenvalue weighted by Crippen LogP contribution is 2.31. The first kappa shape index (κ1) is 18.0. The maximum absolute atomic E-state index is 2.42. The first-order valence-corrected chi connectivity index (χ1v) is 8.60. The van der Waals surface area contributed by atoms with Gasteiger partial charge in [-0.25, -0.2) is 0 Å². The Kier molecular flexibility index (Phi) is 10.9. The lowest BCUT2D eigenvalue weighted by Gasteiger charge is -2.26. The smallest absolute Gasteiger partial charge is 0.0412 e. The van der Waals surface area contributed by atoms with Crippen LogP contribution >= 0.6 is 0 Å². The Bertz CT molecular complexity index is 169. The van der Waals surface area contributed by atoms with Crippen LogP contribution in [0.25, 0.3) is 0 Å². The highest BCUT2D eigenvalue weighted by Gasteiger charge is 2.18. The van der Waals surface area contributed by atoms with Crippen LogP contribution in [0.2, 0.25) is 0 Å². The molecule has 0 aliphatic rings. The van der Waals surface area contributed by atoms with Crippen molar-refractivity contribution >= 4 is 0 Å². The van der Waals surface area contributed by atoms with Crippen molar-refractivity contribution in [3.8, 4) is 0 Å². The van der Waals surface area contributed by atoms with Gasteiger partial charge in [-0.3, -0.25) is 0 Å². The third-order valence-corrected chi connectivity index (χ3v) is 5.08. The molecule has 0 heteroatoms. The summed E-state index contributed by atoms with van der Waals surface area (Å²) in [7, 11) is 0. The van der Waals surface area contributed by atoms with Gasteiger partial charge < -0.3 is 0 Å². The quantitative estimate of drug-likeness (QED) is 0.385. The van der Waals surface area contributed by atoms with Gasteiger partial charge >= 0.3 is 0 Å². The van der Waals surface area contributed by atoms with Gasteiger partial charge in [-0.1, -0.05) is 73.6 Å². The molecule has 18 heavy (non-hydrogen) atoms. The zero-order chi connectivity index (χ0) is 14.0. The van der Waals surface area contributed by atoms with Gasteiger partial charge in [-0.15, -0.1) is 0 Å². The minimum absolute atomic E-state index is 0.917. The molecule has 0 spiro atoms.